The topological polar surface area (TPSA) is 35.9 Å². The van der Waals surface area contributed by atoms with Crippen molar-refractivity contribution in [3.8, 4) is 0 Å². The lowest BCUT2D eigenvalue weighted by Gasteiger charge is -2.21. The molecule has 1 saturated heterocycles. The molecule has 0 aromatic rings. The molecule has 1 rings (SSSR count). The molecule has 0 spiro atoms. The number of ether oxygens (including phenoxy) is 1. The van der Waals surface area contributed by atoms with Gasteiger partial charge in [0.05, 0.1) is 13.2 Å². The third-order valence-corrected chi connectivity index (χ3v) is 2.77. The zero-order valence-corrected chi connectivity index (χ0v) is 9.75. The number of aliphatic hydroxyl groups is 1. The SMILES string of the molecule is OCCN1CCCN(CCOC(F)(F)F)CC1. The highest BCUT2D eigenvalue weighted by molar-refractivity contribution is 4.69. The zero-order valence-electron chi connectivity index (χ0n) is 9.75. The molecule has 4 nitrogen and oxygen atoms in total. The van der Waals surface area contributed by atoms with Crippen molar-refractivity contribution in [3.63, 3.8) is 0 Å². The molecule has 1 aliphatic rings. The van der Waals surface area contributed by atoms with Gasteiger partial charge in [0.15, 0.2) is 0 Å². The van der Waals surface area contributed by atoms with Crippen LogP contribution in [0.5, 0.6) is 0 Å². The van der Waals surface area contributed by atoms with Gasteiger partial charge in [-0.3, -0.25) is 14.5 Å². The summed E-state index contributed by atoms with van der Waals surface area (Å²) in [6.45, 7) is 3.91. The van der Waals surface area contributed by atoms with E-state index in [1.54, 1.807) is 0 Å². The molecule has 0 aliphatic carbocycles. The molecule has 1 N–H and O–H groups in total. The van der Waals surface area contributed by atoms with E-state index in [-0.39, 0.29) is 13.2 Å². The number of hydrogen-bond acceptors (Lipinski definition) is 4. The minimum atomic E-state index is -4.53. The Labute approximate surface area is 98.9 Å². The fourth-order valence-corrected chi connectivity index (χ4v) is 1.90. The molecule has 0 amide bonds. The molecule has 1 heterocycles. The van der Waals surface area contributed by atoms with Gasteiger partial charge in [0.1, 0.15) is 0 Å². The van der Waals surface area contributed by atoms with E-state index in [0.29, 0.717) is 13.1 Å². The maximum atomic E-state index is 11.8. The van der Waals surface area contributed by atoms with Crippen LogP contribution >= 0.6 is 0 Å². The summed E-state index contributed by atoms with van der Waals surface area (Å²) in [7, 11) is 0. The first kappa shape index (κ1) is 14.7. The molecular formula is C10H19F3N2O2. The summed E-state index contributed by atoms with van der Waals surface area (Å²) < 4.78 is 39.1. The minimum Gasteiger partial charge on any atom is -0.395 e. The van der Waals surface area contributed by atoms with Gasteiger partial charge in [0.2, 0.25) is 0 Å². The fraction of sp³-hybridized carbons (Fsp3) is 1.00. The highest BCUT2D eigenvalue weighted by Crippen LogP contribution is 2.15. The predicted octanol–water partition coefficient (Wildman–Crippen LogP) is 0.523. The Hall–Kier alpha value is -0.370. The Morgan fingerprint density at radius 1 is 1.00 bits per heavy atom. The van der Waals surface area contributed by atoms with E-state index in [0.717, 1.165) is 32.6 Å². The predicted molar refractivity (Wildman–Crippen MR) is 56.6 cm³/mol. The molecule has 0 unspecified atom stereocenters. The molecule has 0 aromatic heterocycles. The molecule has 17 heavy (non-hydrogen) atoms. The first-order valence-corrected chi connectivity index (χ1v) is 5.77. The number of alkyl halides is 3. The van der Waals surface area contributed by atoms with Gasteiger partial charge in [-0.15, -0.1) is 13.2 Å². The number of rotatable bonds is 5. The Morgan fingerprint density at radius 2 is 1.59 bits per heavy atom. The van der Waals surface area contributed by atoms with Crippen LogP contribution < -0.4 is 0 Å². The van der Waals surface area contributed by atoms with Crippen molar-refractivity contribution in [1.82, 2.24) is 9.80 Å². The van der Waals surface area contributed by atoms with Crippen molar-refractivity contribution >= 4 is 0 Å². The lowest BCUT2D eigenvalue weighted by atomic mass is 10.4. The van der Waals surface area contributed by atoms with E-state index in [9.17, 15) is 13.2 Å². The van der Waals surface area contributed by atoms with Gasteiger partial charge < -0.3 is 5.11 Å². The summed E-state index contributed by atoms with van der Waals surface area (Å²) in [5.41, 5.74) is 0. The van der Waals surface area contributed by atoms with E-state index in [2.05, 4.69) is 9.64 Å². The van der Waals surface area contributed by atoms with Crippen molar-refractivity contribution in [1.29, 1.82) is 0 Å². The van der Waals surface area contributed by atoms with Gasteiger partial charge in [-0.2, -0.15) is 0 Å². The summed E-state index contributed by atoms with van der Waals surface area (Å²) in [6, 6.07) is 0. The largest absolute Gasteiger partial charge is 0.522 e. The second kappa shape index (κ2) is 7.15. The Balaban J connectivity index is 2.18. The minimum absolute atomic E-state index is 0.122. The second-order valence-electron chi connectivity index (χ2n) is 4.05. The van der Waals surface area contributed by atoms with Gasteiger partial charge in [-0.05, 0) is 19.5 Å². The summed E-state index contributed by atoms with van der Waals surface area (Å²) in [4.78, 5) is 4.08. The van der Waals surface area contributed by atoms with Crippen LogP contribution in [0.15, 0.2) is 0 Å². The average molecular weight is 256 g/mol. The summed E-state index contributed by atoms with van der Waals surface area (Å²) in [5, 5.41) is 8.81. The van der Waals surface area contributed by atoms with Gasteiger partial charge in [-0.1, -0.05) is 0 Å². The van der Waals surface area contributed by atoms with Gasteiger partial charge in [0.25, 0.3) is 0 Å². The van der Waals surface area contributed by atoms with Crippen LogP contribution in [-0.4, -0.2) is 73.8 Å². The van der Waals surface area contributed by atoms with E-state index in [1.165, 1.54) is 0 Å². The summed E-state index contributed by atoms with van der Waals surface area (Å²) in [6.07, 6.45) is -3.62. The highest BCUT2D eigenvalue weighted by Gasteiger charge is 2.29. The second-order valence-corrected chi connectivity index (χ2v) is 4.05. The number of aliphatic hydroxyl groups excluding tert-OH is 1. The average Bonchev–Trinajstić information content (AvgIpc) is 2.43. The maximum Gasteiger partial charge on any atom is 0.522 e. The molecule has 1 aliphatic heterocycles. The Kier molecular flexibility index (Phi) is 6.18. The van der Waals surface area contributed by atoms with Crippen LogP contribution in [-0.2, 0) is 4.74 Å². The number of halogens is 3. The Morgan fingerprint density at radius 3 is 2.12 bits per heavy atom. The normalized spacial score (nSPS) is 20.5. The molecule has 0 saturated carbocycles. The Bertz CT molecular complexity index is 214. The van der Waals surface area contributed by atoms with E-state index < -0.39 is 6.36 Å². The lowest BCUT2D eigenvalue weighted by Crippen LogP contribution is -2.34. The van der Waals surface area contributed by atoms with E-state index >= 15 is 0 Å². The van der Waals surface area contributed by atoms with Crippen LogP contribution in [0.1, 0.15) is 6.42 Å². The van der Waals surface area contributed by atoms with Gasteiger partial charge >= 0.3 is 6.36 Å². The molecule has 0 bridgehead atoms. The zero-order chi connectivity index (χ0) is 12.7. The summed E-state index contributed by atoms with van der Waals surface area (Å²) >= 11 is 0. The monoisotopic (exact) mass is 256 g/mol. The third-order valence-electron chi connectivity index (χ3n) is 2.77. The quantitative estimate of drug-likeness (QED) is 0.778. The smallest absolute Gasteiger partial charge is 0.395 e. The van der Waals surface area contributed by atoms with Crippen molar-refractivity contribution in [2.24, 2.45) is 0 Å². The fourth-order valence-electron chi connectivity index (χ4n) is 1.90. The number of hydrogen-bond donors (Lipinski definition) is 1. The van der Waals surface area contributed by atoms with Crippen molar-refractivity contribution in [2.75, 3.05) is 52.5 Å². The molecule has 0 atom stereocenters. The van der Waals surface area contributed by atoms with Crippen LogP contribution in [0.3, 0.4) is 0 Å². The van der Waals surface area contributed by atoms with Crippen LogP contribution in [0.2, 0.25) is 0 Å². The van der Waals surface area contributed by atoms with Gasteiger partial charge in [0, 0.05) is 26.2 Å². The number of nitrogens with zero attached hydrogens (tertiary/aromatic N) is 2. The highest BCUT2D eigenvalue weighted by atomic mass is 19.4. The summed E-state index contributed by atoms with van der Waals surface area (Å²) in [5.74, 6) is 0. The lowest BCUT2D eigenvalue weighted by molar-refractivity contribution is -0.325. The van der Waals surface area contributed by atoms with Crippen LogP contribution in [0.4, 0.5) is 13.2 Å². The standard InChI is InChI=1S/C10H19F3N2O2/c11-10(12,13)17-9-7-15-3-1-2-14(4-5-15)6-8-16/h16H,1-9H2. The maximum absolute atomic E-state index is 11.8. The molecule has 0 aromatic carbocycles. The molecular weight excluding hydrogens is 237 g/mol. The van der Waals surface area contributed by atoms with Crippen molar-refractivity contribution < 1.29 is 23.0 Å². The number of β-amino-alcohol motifs (C(OH)–C–C–N with tert-alkyl or cyclic N) is 1. The van der Waals surface area contributed by atoms with E-state index in [4.69, 9.17) is 5.11 Å². The first-order chi connectivity index (χ1) is 8.01. The van der Waals surface area contributed by atoms with Crippen LogP contribution in [0, 0.1) is 0 Å². The molecule has 1 fully saturated rings. The first-order valence-electron chi connectivity index (χ1n) is 5.77. The van der Waals surface area contributed by atoms with Crippen molar-refractivity contribution in [2.45, 2.75) is 12.8 Å². The van der Waals surface area contributed by atoms with Crippen LogP contribution in [0.25, 0.3) is 0 Å². The van der Waals surface area contributed by atoms with Crippen molar-refractivity contribution in [3.05, 3.63) is 0 Å². The molecule has 102 valence electrons. The van der Waals surface area contributed by atoms with E-state index in [1.807, 2.05) is 4.90 Å². The third kappa shape index (κ3) is 6.82. The molecule has 0 radical (unpaired) electrons. The van der Waals surface area contributed by atoms with Gasteiger partial charge in [-0.25, -0.2) is 0 Å². The molecule has 7 heteroatoms.